The SMILES string of the molecule is CCNc1cc(Oc2ccccc2Cl)nc(C(C)(C)C)n1. The molecule has 0 unspecified atom stereocenters. The molecule has 2 rings (SSSR count). The van der Waals surface area contributed by atoms with Crippen molar-refractivity contribution in [2.75, 3.05) is 11.9 Å². The second-order valence-corrected chi connectivity index (χ2v) is 6.14. The fourth-order valence-electron chi connectivity index (χ4n) is 1.72. The van der Waals surface area contributed by atoms with Crippen LogP contribution in [0.5, 0.6) is 11.6 Å². The van der Waals surface area contributed by atoms with E-state index >= 15 is 0 Å². The van der Waals surface area contributed by atoms with E-state index in [2.05, 4.69) is 36.1 Å². The van der Waals surface area contributed by atoms with Crippen molar-refractivity contribution < 1.29 is 4.74 Å². The van der Waals surface area contributed by atoms with Crippen LogP contribution in [0.1, 0.15) is 33.5 Å². The first kappa shape index (κ1) is 15.6. The molecule has 112 valence electrons. The number of hydrogen-bond donors (Lipinski definition) is 1. The van der Waals surface area contributed by atoms with Crippen molar-refractivity contribution in [1.29, 1.82) is 0 Å². The lowest BCUT2D eigenvalue weighted by Crippen LogP contribution is -2.17. The number of benzene rings is 1. The van der Waals surface area contributed by atoms with Gasteiger partial charge in [-0.25, -0.2) is 4.98 Å². The van der Waals surface area contributed by atoms with Gasteiger partial charge in [0, 0.05) is 18.0 Å². The van der Waals surface area contributed by atoms with E-state index in [-0.39, 0.29) is 5.41 Å². The minimum absolute atomic E-state index is 0.163. The lowest BCUT2D eigenvalue weighted by Gasteiger charge is -2.19. The number of anilines is 1. The van der Waals surface area contributed by atoms with E-state index in [1.165, 1.54) is 0 Å². The summed E-state index contributed by atoms with van der Waals surface area (Å²) in [6.07, 6.45) is 0. The Hall–Kier alpha value is -1.81. The van der Waals surface area contributed by atoms with E-state index in [9.17, 15) is 0 Å². The molecule has 4 nitrogen and oxygen atoms in total. The Balaban J connectivity index is 2.38. The number of aromatic nitrogens is 2. The molecule has 0 amide bonds. The average Bonchev–Trinajstić information content (AvgIpc) is 2.41. The standard InChI is InChI=1S/C16H20ClN3O/c1-5-18-13-10-14(20-15(19-13)16(2,3)4)21-12-9-7-6-8-11(12)17/h6-10H,5H2,1-4H3,(H,18,19,20). The number of para-hydroxylation sites is 1. The number of hydrogen-bond acceptors (Lipinski definition) is 4. The molecule has 1 aromatic heterocycles. The number of halogens is 1. The van der Waals surface area contributed by atoms with Crippen LogP contribution in [-0.4, -0.2) is 16.5 Å². The molecule has 0 bridgehead atoms. The fourth-order valence-corrected chi connectivity index (χ4v) is 1.90. The molecule has 0 aliphatic rings. The van der Waals surface area contributed by atoms with Crippen LogP contribution in [0.15, 0.2) is 30.3 Å². The van der Waals surface area contributed by atoms with Gasteiger partial charge in [-0.15, -0.1) is 0 Å². The van der Waals surface area contributed by atoms with Gasteiger partial charge in [0.05, 0.1) is 5.02 Å². The molecule has 1 heterocycles. The molecule has 1 aromatic carbocycles. The Labute approximate surface area is 130 Å². The summed E-state index contributed by atoms with van der Waals surface area (Å²) in [4.78, 5) is 9.01. The van der Waals surface area contributed by atoms with Crippen LogP contribution in [0, 0.1) is 0 Å². The van der Waals surface area contributed by atoms with Crippen molar-refractivity contribution in [3.8, 4) is 11.6 Å². The van der Waals surface area contributed by atoms with Crippen molar-refractivity contribution in [2.45, 2.75) is 33.1 Å². The third-order valence-electron chi connectivity index (χ3n) is 2.78. The Morgan fingerprint density at radius 1 is 1.19 bits per heavy atom. The van der Waals surface area contributed by atoms with E-state index in [1.807, 2.05) is 25.1 Å². The largest absolute Gasteiger partial charge is 0.437 e. The molecule has 2 aromatic rings. The summed E-state index contributed by atoms with van der Waals surface area (Å²) in [6, 6.07) is 9.11. The van der Waals surface area contributed by atoms with Crippen molar-refractivity contribution >= 4 is 17.4 Å². The van der Waals surface area contributed by atoms with E-state index in [4.69, 9.17) is 16.3 Å². The monoisotopic (exact) mass is 305 g/mol. The zero-order valence-corrected chi connectivity index (χ0v) is 13.5. The maximum absolute atomic E-state index is 6.12. The summed E-state index contributed by atoms with van der Waals surface area (Å²) in [5.41, 5.74) is -0.163. The van der Waals surface area contributed by atoms with Gasteiger partial charge in [-0.2, -0.15) is 4.98 Å². The molecule has 0 radical (unpaired) electrons. The molecular weight excluding hydrogens is 286 g/mol. The molecule has 0 atom stereocenters. The topological polar surface area (TPSA) is 47.0 Å². The molecule has 0 saturated heterocycles. The third kappa shape index (κ3) is 4.08. The predicted molar refractivity (Wildman–Crippen MR) is 86.4 cm³/mol. The second kappa shape index (κ2) is 6.31. The Morgan fingerprint density at radius 2 is 1.90 bits per heavy atom. The first-order valence-electron chi connectivity index (χ1n) is 6.96. The normalized spacial score (nSPS) is 11.3. The fraction of sp³-hybridized carbons (Fsp3) is 0.375. The van der Waals surface area contributed by atoms with Gasteiger partial charge < -0.3 is 10.1 Å². The van der Waals surface area contributed by atoms with Gasteiger partial charge in [0.2, 0.25) is 5.88 Å². The Bertz CT molecular complexity index is 623. The van der Waals surface area contributed by atoms with Gasteiger partial charge in [-0.05, 0) is 19.1 Å². The van der Waals surface area contributed by atoms with Crippen LogP contribution in [-0.2, 0) is 5.41 Å². The van der Waals surface area contributed by atoms with Gasteiger partial charge in [0.1, 0.15) is 17.4 Å². The number of ether oxygens (including phenoxy) is 1. The van der Waals surface area contributed by atoms with Crippen LogP contribution in [0.4, 0.5) is 5.82 Å². The summed E-state index contributed by atoms with van der Waals surface area (Å²) in [5.74, 6) is 2.54. The quantitative estimate of drug-likeness (QED) is 0.893. The van der Waals surface area contributed by atoms with Gasteiger partial charge in [-0.1, -0.05) is 44.5 Å². The summed E-state index contributed by atoms with van der Waals surface area (Å²) in [5, 5.41) is 3.75. The second-order valence-electron chi connectivity index (χ2n) is 5.73. The van der Waals surface area contributed by atoms with Crippen molar-refractivity contribution in [3.05, 3.63) is 41.2 Å². The van der Waals surface area contributed by atoms with Gasteiger partial charge in [0.25, 0.3) is 0 Å². The molecule has 1 N–H and O–H groups in total. The highest BCUT2D eigenvalue weighted by atomic mass is 35.5. The summed E-state index contributed by atoms with van der Waals surface area (Å²) < 4.78 is 5.81. The molecule has 0 aliphatic heterocycles. The molecule has 0 aliphatic carbocycles. The van der Waals surface area contributed by atoms with Crippen LogP contribution >= 0.6 is 11.6 Å². The van der Waals surface area contributed by atoms with E-state index in [0.717, 1.165) is 18.2 Å². The van der Waals surface area contributed by atoms with Gasteiger partial charge in [0.15, 0.2) is 0 Å². The van der Waals surface area contributed by atoms with Gasteiger partial charge in [-0.3, -0.25) is 0 Å². The van der Waals surface area contributed by atoms with E-state index in [1.54, 1.807) is 12.1 Å². The Morgan fingerprint density at radius 3 is 2.52 bits per heavy atom. The maximum Gasteiger partial charge on any atom is 0.224 e. The minimum Gasteiger partial charge on any atom is -0.437 e. The molecule has 0 spiro atoms. The summed E-state index contributed by atoms with van der Waals surface area (Å²) in [6.45, 7) is 9.01. The molecule has 0 fully saturated rings. The lowest BCUT2D eigenvalue weighted by molar-refractivity contribution is 0.446. The smallest absolute Gasteiger partial charge is 0.224 e. The average molecular weight is 306 g/mol. The molecule has 0 saturated carbocycles. The van der Waals surface area contributed by atoms with Crippen LogP contribution in [0.25, 0.3) is 0 Å². The highest BCUT2D eigenvalue weighted by molar-refractivity contribution is 6.32. The highest BCUT2D eigenvalue weighted by Gasteiger charge is 2.20. The van der Waals surface area contributed by atoms with E-state index < -0.39 is 0 Å². The molecular formula is C16H20ClN3O. The van der Waals surface area contributed by atoms with Crippen LogP contribution in [0.3, 0.4) is 0 Å². The highest BCUT2D eigenvalue weighted by Crippen LogP contribution is 2.30. The first-order valence-corrected chi connectivity index (χ1v) is 7.33. The predicted octanol–water partition coefficient (Wildman–Crippen LogP) is 4.65. The zero-order chi connectivity index (χ0) is 15.5. The number of nitrogens with one attached hydrogen (secondary N) is 1. The lowest BCUT2D eigenvalue weighted by atomic mass is 9.96. The number of nitrogens with zero attached hydrogens (tertiary/aromatic N) is 2. The van der Waals surface area contributed by atoms with Crippen LogP contribution in [0.2, 0.25) is 5.02 Å². The maximum atomic E-state index is 6.12. The zero-order valence-electron chi connectivity index (χ0n) is 12.8. The molecule has 21 heavy (non-hydrogen) atoms. The molecule has 5 heteroatoms. The van der Waals surface area contributed by atoms with Crippen molar-refractivity contribution in [2.24, 2.45) is 0 Å². The minimum atomic E-state index is -0.163. The Kier molecular flexibility index (Phi) is 4.68. The first-order chi connectivity index (χ1) is 9.90. The number of rotatable bonds is 4. The van der Waals surface area contributed by atoms with E-state index in [0.29, 0.717) is 16.7 Å². The van der Waals surface area contributed by atoms with Crippen molar-refractivity contribution in [1.82, 2.24) is 9.97 Å². The summed E-state index contributed by atoms with van der Waals surface area (Å²) >= 11 is 6.12. The van der Waals surface area contributed by atoms with Crippen molar-refractivity contribution in [3.63, 3.8) is 0 Å². The summed E-state index contributed by atoms with van der Waals surface area (Å²) in [7, 11) is 0. The van der Waals surface area contributed by atoms with Gasteiger partial charge >= 0.3 is 0 Å². The van der Waals surface area contributed by atoms with Crippen LogP contribution < -0.4 is 10.1 Å². The third-order valence-corrected chi connectivity index (χ3v) is 3.09.